The summed E-state index contributed by atoms with van der Waals surface area (Å²) in [4.78, 5) is 0.399. The van der Waals surface area contributed by atoms with Crippen LogP contribution in [0.2, 0.25) is 0 Å². The first kappa shape index (κ1) is 14.3. The topological polar surface area (TPSA) is 58.2 Å². The monoisotopic (exact) mass is 282 g/mol. The number of hydrogen-bond acceptors (Lipinski definition) is 4. The quantitative estimate of drug-likeness (QED) is 0.867. The average molecular weight is 282 g/mol. The molecule has 0 aliphatic carbocycles. The Hall–Kier alpha value is -1.07. The summed E-state index contributed by atoms with van der Waals surface area (Å²) in [5.74, 6) is 0.145. The Morgan fingerprint density at radius 3 is 2.58 bits per heavy atom. The molecule has 0 amide bonds. The maximum Gasteiger partial charge on any atom is 0.178 e. The molecule has 1 unspecified atom stereocenters. The molecule has 1 fully saturated rings. The van der Waals surface area contributed by atoms with Crippen LogP contribution in [-0.2, 0) is 9.84 Å². The van der Waals surface area contributed by atoms with E-state index in [1.807, 2.05) is 12.1 Å². The Kier molecular flexibility index (Phi) is 4.82. The molecule has 1 atom stereocenters. The molecule has 19 heavy (non-hydrogen) atoms. The molecule has 4 nitrogen and oxygen atoms in total. The van der Waals surface area contributed by atoms with Crippen molar-refractivity contribution in [2.45, 2.75) is 37.1 Å². The largest absolute Gasteiger partial charge is 0.383 e. The van der Waals surface area contributed by atoms with Gasteiger partial charge in [-0.15, -0.1) is 0 Å². The van der Waals surface area contributed by atoms with Crippen LogP contribution in [0.5, 0.6) is 0 Å². The third-order valence-corrected chi connectivity index (χ3v) is 5.31. The van der Waals surface area contributed by atoms with Gasteiger partial charge in [0, 0.05) is 18.3 Å². The van der Waals surface area contributed by atoms with Crippen LogP contribution in [0.15, 0.2) is 29.2 Å². The van der Waals surface area contributed by atoms with Gasteiger partial charge in [-0.1, -0.05) is 13.3 Å². The van der Waals surface area contributed by atoms with Crippen molar-refractivity contribution in [1.82, 2.24) is 5.32 Å². The van der Waals surface area contributed by atoms with Crippen LogP contribution in [0.3, 0.4) is 0 Å². The molecule has 1 aliphatic heterocycles. The van der Waals surface area contributed by atoms with Gasteiger partial charge in [-0.25, -0.2) is 8.42 Å². The van der Waals surface area contributed by atoms with Crippen LogP contribution in [0, 0.1) is 0 Å². The molecular formula is C14H22N2O2S. The van der Waals surface area contributed by atoms with Gasteiger partial charge in [0.15, 0.2) is 9.84 Å². The zero-order valence-corrected chi connectivity index (χ0v) is 12.2. The lowest BCUT2D eigenvalue weighted by Gasteiger charge is -2.24. The summed E-state index contributed by atoms with van der Waals surface area (Å²) in [5.41, 5.74) is 0.974. The Morgan fingerprint density at radius 1 is 1.26 bits per heavy atom. The standard InChI is InChI=1S/C14H22N2O2S/c1-2-19(17,18)14-8-6-12(7-9-14)16-11-13-5-3-4-10-15-13/h6-9,13,15-16H,2-5,10-11H2,1H3. The number of benzene rings is 1. The van der Waals surface area contributed by atoms with Gasteiger partial charge in [-0.3, -0.25) is 0 Å². The van der Waals surface area contributed by atoms with E-state index in [1.165, 1.54) is 19.3 Å². The van der Waals surface area contributed by atoms with Gasteiger partial charge >= 0.3 is 0 Å². The van der Waals surface area contributed by atoms with Crippen molar-refractivity contribution in [3.05, 3.63) is 24.3 Å². The second kappa shape index (κ2) is 6.39. The lowest BCUT2D eigenvalue weighted by molar-refractivity contribution is 0.414. The van der Waals surface area contributed by atoms with Crippen LogP contribution < -0.4 is 10.6 Å². The van der Waals surface area contributed by atoms with Gasteiger partial charge in [0.05, 0.1) is 10.6 Å². The Labute approximate surface area is 115 Å². The Bertz CT molecular complexity index is 491. The molecule has 5 heteroatoms. The van der Waals surface area contributed by atoms with E-state index in [2.05, 4.69) is 10.6 Å². The lowest BCUT2D eigenvalue weighted by atomic mass is 10.1. The molecule has 0 saturated carbocycles. The molecule has 2 N–H and O–H groups in total. The SMILES string of the molecule is CCS(=O)(=O)c1ccc(NCC2CCCCN2)cc1. The van der Waals surface area contributed by atoms with E-state index in [-0.39, 0.29) is 5.75 Å². The maximum atomic E-state index is 11.7. The van der Waals surface area contributed by atoms with E-state index in [0.717, 1.165) is 18.8 Å². The van der Waals surface area contributed by atoms with Crippen LogP contribution >= 0.6 is 0 Å². The molecule has 0 bridgehead atoms. The predicted molar refractivity (Wildman–Crippen MR) is 78.3 cm³/mol. The molecule has 1 aromatic rings. The molecule has 1 aliphatic rings. The molecule has 1 saturated heterocycles. The molecule has 0 spiro atoms. The summed E-state index contributed by atoms with van der Waals surface area (Å²) in [6.45, 7) is 3.65. The van der Waals surface area contributed by atoms with Crippen molar-refractivity contribution in [3.8, 4) is 0 Å². The summed E-state index contributed by atoms with van der Waals surface area (Å²) < 4.78 is 23.4. The van der Waals surface area contributed by atoms with Crippen molar-refractivity contribution in [1.29, 1.82) is 0 Å². The van der Waals surface area contributed by atoms with Crippen LogP contribution in [0.1, 0.15) is 26.2 Å². The first-order valence-corrected chi connectivity index (χ1v) is 8.57. The van der Waals surface area contributed by atoms with Crippen molar-refractivity contribution in [2.24, 2.45) is 0 Å². The number of rotatable bonds is 5. The average Bonchev–Trinajstić information content (AvgIpc) is 2.47. The molecule has 1 aromatic carbocycles. The third-order valence-electron chi connectivity index (χ3n) is 3.56. The first-order chi connectivity index (χ1) is 9.12. The van der Waals surface area contributed by atoms with E-state index in [9.17, 15) is 8.42 Å². The van der Waals surface area contributed by atoms with Gasteiger partial charge in [0.25, 0.3) is 0 Å². The van der Waals surface area contributed by atoms with E-state index in [1.54, 1.807) is 19.1 Å². The summed E-state index contributed by atoms with van der Waals surface area (Å²) >= 11 is 0. The molecular weight excluding hydrogens is 260 g/mol. The second-order valence-electron chi connectivity index (χ2n) is 4.96. The van der Waals surface area contributed by atoms with E-state index in [0.29, 0.717) is 10.9 Å². The summed E-state index contributed by atoms with van der Waals surface area (Å²) in [6.07, 6.45) is 3.75. The van der Waals surface area contributed by atoms with Crippen molar-refractivity contribution >= 4 is 15.5 Å². The fourth-order valence-electron chi connectivity index (χ4n) is 2.29. The number of hydrogen-bond donors (Lipinski definition) is 2. The predicted octanol–water partition coefficient (Wildman–Crippen LogP) is 2.03. The van der Waals surface area contributed by atoms with Crippen LogP contribution in [0.4, 0.5) is 5.69 Å². The van der Waals surface area contributed by atoms with Crippen LogP contribution in [0.25, 0.3) is 0 Å². The Balaban J connectivity index is 1.91. The van der Waals surface area contributed by atoms with Gasteiger partial charge < -0.3 is 10.6 Å². The van der Waals surface area contributed by atoms with E-state index >= 15 is 0 Å². The lowest BCUT2D eigenvalue weighted by Crippen LogP contribution is -2.39. The number of sulfone groups is 1. The zero-order chi connectivity index (χ0) is 13.7. The number of anilines is 1. The molecule has 106 valence electrons. The highest BCUT2D eigenvalue weighted by molar-refractivity contribution is 7.91. The molecule has 2 rings (SSSR count). The highest BCUT2D eigenvalue weighted by atomic mass is 32.2. The minimum atomic E-state index is -3.09. The summed E-state index contributed by atoms with van der Waals surface area (Å²) in [6, 6.07) is 7.55. The summed E-state index contributed by atoms with van der Waals surface area (Å²) in [7, 11) is -3.09. The maximum absolute atomic E-state index is 11.7. The fraction of sp³-hybridized carbons (Fsp3) is 0.571. The number of nitrogens with one attached hydrogen (secondary N) is 2. The van der Waals surface area contributed by atoms with Gasteiger partial charge in [0.1, 0.15) is 0 Å². The minimum Gasteiger partial charge on any atom is -0.383 e. The zero-order valence-electron chi connectivity index (χ0n) is 11.4. The normalized spacial score (nSPS) is 20.2. The highest BCUT2D eigenvalue weighted by Crippen LogP contribution is 2.16. The molecule has 0 radical (unpaired) electrons. The van der Waals surface area contributed by atoms with Crippen molar-refractivity contribution < 1.29 is 8.42 Å². The van der Waals surface area contributed by atoms with E-state index < -0.39 is 9.84 Å². The van der Waals surface area contributed by atoms with Crippen molar-refractivity contribution in [2.75, 3.05) is 24.2 Å². The van der Waals surface area contributed by atoms with Gasteiger partial charge in [-0.2, -0.15) is 0 Å². The number of piperidine rings is 1. The minimum absolute atomic E-state index is 0.145. The smallest absolute Gasteiger partial charge is 0.178 e. The molecule has 1 heterocycles. The third kappa shape index (κ3) is 3.94. The highest BCUT2D eigenvalue weighted by Gasteiger charge is 2.13. The summed E-state index contributed by atoms with van der Waals surface area (Å²) in [5, 5.41) is 6.83. The van der Waals surface area contributed by atoms with Gasteiger partial charge in [-0.05, 0) is 43.7 Å². The molecule has 0 aromatic heterocycles. The second-order valence-corrected chi connectivity index (χ2v) is 7.23. The van der Waals surface area contributed by atoms with Crippen molar-refractivity contribution in [3.63, 3.8) is 0 Å². The van der Waals surface area contributed by atoms with E-state index in [4.69, 9.17) is 0 Å². The van der Waals surface area contributed by atoms with Crippen LogP contribution in [-0.4, -0.2) is 33.3 Å². The first-order valence-electron chi connectivity index (χ1n) is 6.92. The fourth-order valence-corrected chi connectivity index (χ4v) is 3.17. The van der Waals surface area contributed by atoms with Gasteiger partial charge in [0.2, 0.25) is 0 Å². The Morgan fingerprint density at radius 2 is 2.00 bits per heavy atom.